The number of hydrogen-bond donors (Lipinski definition) is 0. The lowest BCUT2D eigenvalue weighted by Crippen LogP contribution is -2.44. The normalized spacial score (nSPS) is 14.1. The van der Waals surface area contributed by atoms with Crippen molar-refractivity contribution >= 4 is 11.9 Å². The number of allylic oxidation sites excluding steroid dienone is 13. The van der Waals surface area contributed by atoms with Crippen molar-refractivity contribution in [1.82, 2.24) is 0 Å². The molecule has 0 aromatic rings. The highest BCUT2D eigenvalue weighted by Crippen LogP contribution is 2.12. The van der Waals surface area contributed by atoms with Crippen molar-refractivity contribution in [3.05, 3.63) is 85.3 Å². The highest BCUT2D eigenvalue weighted by Gasteiger charge is 2.25. The molecule has 0 aliphatic heterocycles. The van der Waals surface area contributed by atoms with E-state index in [1.807, 2.05) is 21.1 Å². The highest BCUT2D eigenvalue weighted by atomic mass is 16.6. The molecule has 2 unspecified atom stereocenters. The minimum atomic E-state index is -0.553. The predicted octanol–water partition coefficient (Wildman–Crippen LogP) is 7.58. The van der Waals surface area contributed by atoms with Crippen molar-refractivity contribution in [3.8, 4) is 0 Å². The summed E-state index contributed by atoms with van der Waals surface area (Å²) in [6.45, 7) is 8.27. The maximum absolute atomic E-state index is 12.4. The number of ether oxygens (including phenoxy) is 4. The number of nitrogens with zero attached hydrogens (tertiary/aromatic N) is 1. The molecule has 7 heteroatoms. The standard InChI is InChI=1S/C36H58NO6/c1-8-9-10-11-12-13-14-15-16-17-18-19-20-21-22-23-24-25-26-27-32(2)42-35(30-40-7)31-41-36(39)28-34(43-33(3)38)29-37(4,5)6/h9-10,12-13,15-16,18-19,21-22,24-25,34-35H,2,8,11,14,17,20,23,26-31H2,1,3-7H3/q+1/b10-9-,13-12-,16-15-,19-18-,22-21-,25-24-. The molecule has 0 fully saturated rings. The molecule has 0 heterocycles. The van der Waals surface area contributed by atoms with Crippen molar-refractivity contribution in [2.75, 3.05) is 48.0 Å². The average molecular weight is 601 g/mol. The van der Waals surface area contributed by atoms with Gasteiger partial charge in [0.25, 0.3) is 0 Å². The van der Waals surface area contributed by atoms with Crippen LogP contribution < -0.4 is 0 Å². The second kappa shape index (κ2) is 26.5. The molecule has 0 spiro atoms. The molecule has 242 valence electrons. The number of quaternary nitrogens is 1. The van der Waals surface area contributed by atoms with Gasteiger partial charge in [-0.15, -0.1) is 0 Å². The molecule has 0 rings (SSSR count). The summed E-state index contributed by atoms with van der Waals surface area (Å²) in [5.41, 5.74) is 0. The molecule has 0 saturated heterocycles. The molecular weight excluding hydrogens is 542 g/mol. The Morgan fingerprint density at radius 3 is 1.65 bits per heavy atom. The fourth-order valence-corrected chi connectivity index (χ4v) is 3.90. The molecule has 0 bridgehead atoms. The Bertz CT molecular complexity index is 936. The molecule has 0 amide bonds. The van der Waals surface area contributed by atoms with E-state index in [2.05, 4.69) is 86.4 Å². The lowest BCUT2D eigenvalue weighted by atomic mass is 10.2. The fourth-order valence-electron chi connectivity index (χ4n) is 3.90. The van der Waals surface area contributed by atoms with Crippen LogP contribution in [0.4, 0.5) is 0 Å². The Kier molecular flexibility index (Phi) is 24.5. The molecule has 0 aromatic carbocycles. The summed E-state index contributed by atoms with van der Waals surface area (Å²) >= 11 is 0. The molecule has 7 nitrogen and oxygen atoms in total. The van der Waals surface area contributed by atoms with Gasteiger partial charge in [0.05, 0.1) is 39.9 Å². The molecule has 0 saturated carbocycles. The van der Waals surface area contributed by atoms with Gasteiger partial charge in [-0.2, -0.15) is 0 Å². The lowest BCUT2D eigenvalue weighted by molar-refractivity contribution is -0.873. The van der Waals surface area contributed by atoms with E-state index in [0.29, 0.717) is 23.2 Å². The van der Waals surface area contributed by atoms with E-state index >= 15 is 0 Å². The Morgan fingerprint density at radius 1 is 0.721 bits per heavy atom. The summed E-state index contributed by atoms with van der Waals surface area (Å²) < 4.78 is 22.4. The fraction of sp³-hybridized carbons (Fsp3) is 0.556. The van der Waals surface area contributed by atoms with Crippen molar-refractivity contribution in [2.24, 2.45) is 0 Å². The van der Waals surface area contributed by atoms with E-state index in [1.165, 1.54) is 6.92 Å². The van der Waals surface area contributed by atoms with Crippen LogP contribution in [-0.4, -0.2) is 76.6 Å². The van der Waals surface area contributed by atoms with Gasteiger partial charge in [0.1, 0.15) is 13.2 Å². The number of hydrogen-bond acceptors (Lipinski definition) is 6. The number of carbonyl (C=O) groups excluding carboxylic acids is 2. The van der Waals surface area contributed by atoms with Gasteiger partial charge < -0.3 is 23.4 Å². The Labute approximate surface area is 261 Å². The van der Waals surface area contributed by atoms with Gasteiger partial charge in [0, 0.05) is 20.5 Å². The first-order valence-electron chi connectivity index (χ1n) is 15.4. The molecular formula is C36H58NO6+. The van der Waals surface area contributed by atoms with Crippen LogP contribution in [0.1, 0.15) is 71.6 Å². The van der Waals surface area contributed by atoms with Crippen LogP contribution in [0.2, 0.25) is 0 Å². The van der Waals surface area contributed by atoms with E-state index < -0.39 is 24.1 Å². The summed E-state index contributed by atoms with van der Waals surface area (Å²) in [5.74, 6) is -0.261. The average Bonchev–Trinajstić information content (AvgIpc) is 2.91. The molecule has 0 aliphatic carbocycles. The van der Waals surface area contributed by atoms with Crippen molar-refractivity contribution in [1.29, 1.82) is 0 Å². The minimum absolute atomic E-state index is 0.0154. The zero-order valence-corrected chi connectivity index (χ0v) is 27.7. The second-order valence-electron chi connectivity index (χ2n) is 11.3. The van der Waals surface area contributed by atoms with Crippen LogP contribution in [0.25, 0.3) is 0 Å². The summed E-state index contributed by atoms with van der Waals surface area (Å²) in [7, 11) is 7.47. The van der Waals surface area contributed by atoms with Crippen LogP contribution in [-0.2, 0) is 28.5 Å². The van der Waals surface area contributed by atoms with E-state index in [1.54, 1.807) is 7.11 Å². The number of rotatable bonds is 25. The number of carbonyl (C=O) groups is 2. The Balaban J connectivity index is 4.20. The molecule has 0 aliphatic rings. The Hall–Kier alpha value is -3.16. The highest BCUT2D eigenvalue weighted by molar-refractivity contribution is 5.71. The van der Waals surface area contributed by atoms with Crippen LogP contribution in [0.3, 0.4) is 0 Å². The smallest absolute Gasteiger partial charge is 0.309 e. The number of methoxy groups -OCH3 is 1. The summed E-state index contributed by atoms with van der Waals surface area (Å²) in [4.78, 5) is 23.8. The van der Waals surface area contributed by atoms with Gasteiger partial charge in [-0.25, -0.2) is 0 Å². The van der Waals surface area contributed by atoms with Crippen molar-refractivity contribution < 1.29 is 33.0 Å². The van der Waals surface area contributed by atoms with E-state index in [0.717, 1.165) is 44.9 Å². The third-order valence-corrected chi connectivity index (χ3v) is 5.78. The third-order valence-electron chi connectivity index (χ3n) is 5.78. The first-order valence-corrected chi connectivity index (χ1v) is 15.4. The minimum Gasteiger partial charge on any atom is -0.489 e. The van der Waals surface area contributed by atoms with Crippen molar-refractivity contribution in [3.63, 3.8) is 0 Å². The van der Waals surface area contributed by atoms with Crippen LogP contribution >= 0.6 is 0 Å². The number of esters is 2. The third kappa shape index (κ3) is 28.7. The van der Waals surface area contributed by atoms with Gasteiger partial charge in [-0.05, 0) is 44.9 Å². The maximum atomic E-state index is 12.4. The summed E-state index contributed by atoms with van der Waals surface area (Å²) in [6, 6.07) is 0. The van der Waals surface area contributed by atoms with Crippen LogP contribution in [0.5, 0.6) is 0 Å². The van der Waals surface area contributed by atoms with Gasteiger partial charge in [0.15, 0.2) is 12.2 Å². The monoisotopic (exact) mass is 600 g/mol. The zero-order chi connectivity index (χ0) is 32.2. The van der Waals surface area contributed by atoms with Crippen LogP contribution in [0, 0.1) is 0 Å². The van der Waals surface area contributed by atoms with Gasteiger partial charge in [0.2, 0.25) is 0 Å². The van der Waals surface area contributed by atoms with E-state index in [-0.39, 0.29) is 19.6 Å². The van der Waals surface area contributed by atoms with E-state index in [9.17, 15) is 9.59 Å². The van der Waals surface area contributed by atoms with Gasteiger partial charge in [-0.3, -0.25) is 9.59 Å². The zero-order valence-electron chi connectivity index (χ0n) is 27.7. The van der Waals surface area contributed by atoms with Gasteiger partial charge in [-0.1, -0.05) is 86.4 Å². The molecule has 0 N–H and O–H groups in total. The lowest BCUT2D eigenvalue weighted by Gasteiger charge is -2.28. The number of likely N-dealkylation sites (N-methyl/N-ethyl adjacent to an activating group) is 1. The first kappa shape index (κ1) is 39.8. The van der Waals surface area contributed by atoms with Crippen LogP contribution in [0.15, 0.2) is 85.3 Å². The first-order chi connectivity index (χ1) is 20.6. The molecule has 2 atom stereocenters. The molecule has 0 aromatic heterocycles. The predicted molar refractivity (Wildman–Crippen MR) is 177 cm³/mol. The summed E-state index contributed by atoms with van der Waals surface area (Å²) in [5, 5.41) is 0. The van der Waals surface area contributed by atoms with Crippen molar-refractivity contribution in [2.45, 2.75) is 83.8 Å². The largest absolute Gasteiger partial charge is 0.489 e. The molecule has 43 heavy (non-hydrogen) atoms. The maximum Gasteiger partial charge on any atom is 0.309 e. The quantitative estimate of drug-likeness (QED) is 0.0466. The summed E-state index contributed by atoms with van der Waals surface area (Å²) in [6.07, 6.45) is 32.5. The molecule has 0 radical (unpaired) electrons. The van der Waals surface area contributed by atoms with E-state index in [4.69, 9.17) is 18.9 Å². The Morgan fingerprint density at radius 2 is 1.21 bits per heavy atom. The topological polar surface area (TPSA) is 71.1 Å². The van der Waals surface area contributed by atoms with Gasteiger partial charge >= 0.3 is 11.9 Å². The second-order valence-corrected chi connectivity index (χ2v) is 11.3. The SMILES string of the molecule is C=C(CC/C=C\C/C=C\C/C=C\C/C=C\C/C=C\C/C=C\CC)OC(COC)COC(=O)CC(C[N+](C)(C)C)OC(C)=O.